The van der Waals surface area contributed by atoms with E-state index in [0.717, 1.165) is 12.1 Å². The number of oxazole rings is 1. The van der Waals surface area contributed by atoms with Crippen molar-refractivity contribution in [3.63, 3.8) is 0 Å². The fourth-order valence-corrected chi connectivity index (χ4v) is 2.87. The third-order valence-electron chi connectivity index (χ3n) is 4.17. The summed E-state index contributed by atoms with van der Waals surface area (Å²) in [5.74, 6) is -2.10. The highest BCUT2D eigenvalue weighted by atomic mass is 19.1. The van der Waals surface area contributed by atoms with Crippen LogP contribution in [0.3, 0.4) is 0 Å². The summed E-state index contributed by atoms with van der Waals surface area (Å²) in [7, 11) is 0. The van der Waals surface area contributed by atoms with Gasteiger partial charge in [-0.1, -0.05) is 18.2 Å². The van der Waals surface area contributed by atoms with E-state index in [9.17, 15) is 18.4 Å². The van der Waals surface area contributed by atoms with Crippen LogP contribution in [0.15, 0.2) is 51.7 Å². The first-order valence-corrected chi connectivity index (χ1v) is 8.28. The van der Waals surface area contributed by atoms with Crippen LogP contribution in [0.25, 0.3) is 11.1 Å². The van der Waals surface area contributed by atoms with Crippen LogP contribution in [0.1, 0.15) is 31.4 Å². The summed E-state index contributed by atoms with van der Waals surface area (Å²) in [6, 6.07) is 9.73. The Balaban J connectivity index is 1.57. The zero-order valence-electron chi connectivity index (χ0n) is 14.2. The molecule has 1 N–H and O–H groups in total. The monoisotopic (exact) mass is 360 g/mol. The molecular weight excluding hydrogens is 342 g/mol. The van der Waals surface area contributed by atoms with Crippen LogP contribution < -0.4 is 11.1 Å². The van der Waals surface area contributed by atoms with Crippen LogP contribution in [-0.2, 0) is 11.3 Å². The Bertz CT molecular complexity index is 994. The van der Waals surface area contributed by atoms with Crippen LogP contribution in [0.2, 0.25) is 0 Å². The maximum absolute atomic E-state index is 13.7. The number of fused-ring (bicyclic) bond motifs is 1. The highest BCUT2D eigenvalue weighted by Crippen LogP contribution is 2.18. The second-order valence-corrected chi connectivity index (χ2v) is 6.05. The first-order valence-electron chi connectivity index (χ1n) is 8.28. The molecule has 1 atom stereocenters. The Kier molecular flexibility index (Phi) is 5.16. The van der Waals surface area contributed by atoms with Gasteiger partial charge < -0.3 is 9.73 Å². The van der Waals surface area contributed by atoms with Crippen molar-refractivity contribution in [1.82, 2.24) is 9.88 Å². The number of para-hydroxylation sites is 2. The van der Waals surface area contributed by atoms with Gasteiger partial charge in [-0.25, -0.2) is 13.6 Å². The summed E-state index contributed by atoms with van der Waals surface area (Å²) in [5, 5.41) is 2.68. The molecule has 0 saturated carbocycles. The molecule has 0 saturated heterocycles. The third-order valence-corrected chi connectivity index (χ3v) is 4.17. The summed E-state index contributed by atoms with van der Waals surface area (Å²) in [6.07, 6.45) is 0.590. The average molecular weight is 360 g/mol. The number of carbonyl (C=O) groups excluding carboxylic acids is 1. The molecule has 0 aliphatic rings. The standard InChI is InChI=1S/C19H18F2N2O3/c1-12(14-9-8-13(20)11-15(14)21)22-18(24)7-4-10-23-16-5-2-3-6-17(16)26-19(23)25/h2-3,5-6,8-9,11-12H,4,7,10H2,1H3,(H,22,24). The quantitative estimate of drug-likeness (QED) is 0.731. The number of hydrogen-bond donors (Lipinski definition) is 1. The fourth-order valence-electron chi connectivity index (χ4n) is 2.87. The summed E-state index contributed by atoms with van der Waals surface area (Å²) in [5.41, 5.74) is 1.40. The minimum absolute atomic E-state index is 0.166. The molecule has 0 fully saturated rings. The van der Waals surface area contributed by atoms with Crippen LogP contribution >= 0.6 is 0 Å². The average Bonchev–Trinajstić information content (AvgIpc) is 2.90. The normalized spacial score (nSPS) is 12.3. The van der Waals surface area contributed by atoms with Crippen LogP contribution in [0, 0.1) is 11.6 Å². The molecule has 7 heteroatoms. The summed E-state index contributed by atoms with van der Waals surface area (Å²) in [4.78, 5) is 23.9. The Morgan fingerprint density at radius 1 is 1.23 bits per heavy atom. The summed E-state index contributed by atoms with van der Waals surface area (Å²) < 4.78 is 33.3. The lowest BCUT2D eigenvalue weighted by atomic mass is 10.1. The van der Waals surface area contributed by atoms with Gasteiger partial charge in [-0.2, -0.15) is 0 Å². The molecule has 1 amide bonds. The molecule has 1 unspecified atom stereocenters. The van der Waals surface area contributed by atoms with Crippen LogP contribution in [-0.4, -0.2) is 10.5 Å². The van der Waals surface area contributed by atoms with Crippen molar-refractivity contribution in [3.05, 3.63) is 70.2 Å². The molecular formula is C19H18F2N2O3. The molecule has 0 bridgehead atoms. The maximum Gasteiger partial charge on any atom is 0.419 e. The van der Waals surface area contributed by atoms with Crippen LogP contribution in [0.4, 0.5) is 8.78 Å². The number of nitrogens with one attached hydrogen (secondary N) is 1. The maximum atomic E-state index is 13.7. The Hall–Kier alpha value is -2.96. The largest absolute Gasteiger partial charge is 0.419 e. The lowest BCUT2D eigenvalue weighted by Gasteiger charge is -2.15. The predicted octanol–water partition coefficient (Wildman–Crippen LogP) is 3.53. The van der Waals surface area contributed by atoms with Crippen molar-refractivity contribution in [2.24, 2.45) is 0 Å². The smallest absolute Gasteiger partial charge is 0.408 e. The van der Waals surface area contributed by atoms with E-state index in [4.69, 9.17) is 4.42 Å². The lowest BCUT2D eigenvalue weighted by molar-refractivity contribution is -0.121. The Morgan fingerprint density at radius 3 is 2.77 bits per heavy atom. The molecule has 1 heterocycles. The second kappa shape index (κ2) is 7.51. The minimum Gasteiger partial charge on any atom is -0.408 e. The third kappa shape index (κ3) is 3.82. The van der Waals surface area contributed by atoms with Crippen LogP contribution in [0.5, 0.6) is 0 Å². The molecule has 0 aliphatic carbocycles. The van der Waals surface area contributed by atoms with Gasteiger partial charge in [0.05, 0.1) is 11.6 Å². The first kappa shape index (κ1) is 17.8. The van der Waals surface area contributed by atoms with E-state index >= 15 is 0 Å². The molecule has 3 rings (SSSR count). The van der Waals surface area contributed by atoms with Gasteiger partial charge in [0.1, 0.15) is 11.6 Å². The van der Waals surface area contributed by atoms with Gasteiger partial charge in [0.15, 0.2) is 5.58 Å². The lowest BCUT2D eigenvalue weighted by Crippen LogP contribution is -2.27. The molecule has 2 aromatic carbocycles. The molecule has 0 radical (unpaired) electrons. The van der Waals surface area contributed by atoms with Gasteiger partial charge in [0.2, 0.25) is 5.91 Å². The number of nitrogens with zero attached hydrogens (tertiary/aromatic N) is 1. The number of aromatic nitrogens is 1. The number of halogens is 2. The SMILES string of the molecule is CC(NC(=O)CCCn1c(=O)oc2ccccc21)c1ccc(F)cc1F. The highest BCUT2D eigenvalue weighted by Gasteiger charge is 2.15. The van der Waals surface area contributed by atoms with Gasteiger partial charge in [-0.3, -0.25) is 9.36 Å². The highest BCUT2D eigenvalue weighted by molar-refractivity contribution is 5.76. The number of hydrogen-bond acceptors (Lipinski definition) is 3. The van der Waals surface area contributed by atoms with Gasteiger partial charge in [0.25, 0.3) is 0 Å². The molecule has 0 spiro atoms. The van der Waals surface area contributed by atoms with E-state index in [1.807, 2.05) is 0 Å². The van der Waals surface area contributed by atoms with E-state index in [1.54, 1.807) is 31.2 Å². The minimum atomic E-state index is -0.700. The Labute approximate surface area is 148 Å². The van der Waals surface area contributed by atoms with Crippen molar-refractivity contribution in [2.45, 2.75) is 32.4 Å². The topological polar surface area (TPSA) is 64.2 Å². The molecule has 0 aliphatic heterocycles. The molecule has 26 heavy (non-hydrogen) atoms. The van der Waals surface area contributed by atoms with E-state index in [1.165, 1.54) is 10.6 Å². The summed E-state index contributed by atoms with van der Waals surface area (Å²) in [6.45, 7) is 1.96. The number of amides is 1. The van der Waals surface area contributed by atoms with E-state index in [0.29, 0.717) is 24.1 Å². The summed E-state index contributed by atoms with van der Waals surface area (Å²) >= 11 is 0. The van der Waals surface area contributed by atoms with Crippen molar-refractivity contribution >= 4 is 17.0 Å². The van der Waals surface area contributed by atoms with E-state index in [2.05, 4.69) is 5.32 Å². The first-order chi connectivity index (χ1) is 12.5. The zero-order valence-corrected chi connectivity index (χ0v) is 14.2. The van der Waals surface area contributed by atoms with Gasteiger partial charge in [0, 0.05) is 24.6 Å². The molecule has 1 aromatic heterocycles. The second-order valence-electron chi connectivity index (χ2n) is 6.05. The van der Waals surface area contributed by atoms with Crippen molar-refractivity contribution in [3.8, 4) is 0 Å². The number of carbonyl (C=O) groups is 1. The molecule has 5 nitrogen and oxygen atoms in total. The number of aryl methyl sites for hydroxylation is 1. The molecule has 3 aromatic rings. The van der Waals surface area contributed by atoms with Crippen molar-refractivity contribution in [2.75, 3.05) is 0 Å². The van der Waals surface area contributed by atoms with Crippen molar-refractivity contribution in [1.29, 1.82) is 0 Å². The van der Waals surface area contributed by atoms with E-state index in [-0.39, 0.29) is 17.9 Å². The van der Waals surface area contributed by atoms with Crippen molar-refractivity contribution < 1.29 is 18.0 Å². The Morgan fingerprint density at radius 2 is 2.00 bits per heavy atom. The van der Waals surface area contributed by atoms with E-state index < -0.39 is 23.4 Å². The van der Waals surface area contributed by atoms with Gasteiger partial charge in [-0.05, 0) is 31.5 Å². The zero-order chi connectivity index (χ0) is 18.7. The van der Waals surface area contributed by atoms with Gasteiger partial charge >= 0.3 is 5.76 Å². The fraction of sp³-hybridized carbons (Fsp3) is 0.263. The number of rotatable bonds is 6. The molecule has 136 valence electrons. The number of benzene rings is 2. The predicted molar refractivity (Wildman–Crippen MR) is 92.6 cm³/mol. The van der Waals surface area contributed by atoms with Gasteiger partial charge in [-0.15, -0.1) is 0 Å².